The first-order valence-electron chi connectivity index (χ1n) is 2.86. The van der Waals surface area contributed by atoms with Crippen molar-refractivity contribution in [3.8, 4) is 0 Å². The molecule has 56 valence electrons. The number of hydrogen-bond acceptors (Lipinski definition) is 5. The molecule has 10 heavy (non-hydrogen) atoms. The Labute approximate surface area is 73.9 Å². The van der Waals surface area contributed by atoms with Crippen molar-refractivity contribution in [3.63, 3.8) is 0 Å². The number of thiol groups is 1. The van der Waals surface area contributed by atoms with Crippen molar-refractivity contribution < 1.29 is 0 Å². The summed E-state index contributed by atoms with van der Waals surface area (Å²) in [6.07, 6.45) is 0. The maximum atomic E-state index is 4.09. The van der Waals surface area contributed by atoms with Crippen LogP contribution in [0.25, 0.3) is 0 Å². The van der Waals surface area contributed by atoms with Gasteiger partial charge < -0.3 is 0 Å². The Morgan fingerprint density at radius 2 is 2.40 bits per heavy atom. The van der Waals surface area contributed by atoms with E-state index in [1.54, 1.807) is 23.1 Å². The van der Waals surface area contributed by atoms with Crippen LogP contribution in [0.15, 0.2) is 4.34 Å². The van der Waals surface area contributed by atoms with Crippen LogP contribution in [0, 0.1) is 6.92 Å². The molecule has 1 heterocycles. The lowest BCUT2D eigenvalue weighted by Crippen LogP contribution is -1.77. The SMILES string of the molecule is Cc1nnc(SCCS)s1. The normalized spacial score (nSPS) is 10.2. The van der Waals surface area contributed by atoms with Crippen LogP contribution in [0.4, 0.5) is 0 Å². The van der Waals surface area contributed by atoms with E-state index in [0.29, 0.717) is 0 Å². The molecule has 0 aromatic carbocycles. The highest BCUT2D eigenvalue weighted by Gasteiger charge is 1.98. The first-order valence-corrected chi connectivity index (χ1v) is 5.30. The van der Waals surface area contributed by atoms with Crippen LogP contribution >= 0.6 is 35.7 Å². The zero-order valence-electron chi connectivity index (χ0n) is 5.57. The van der Waals surface area contributed by atoms with Gasteiger partial charge in [0.25, 0.3) is 0 Å². The van der Waals surface area contributed by atoms with Crippen molar-refractivity contribution in [2.75, 3.05) is 11.5 Å². The maximum Gasteiger partial charge on any atom is 0.174 e. The topological polar surface area (TPSA) is 25.8 Å². The predicted octanol–water partition coefficient (Wildman–Crippen LogP) is 1.87. The second-order valence-electron chi connectivity index (χ2n) is 1.66. The van der Waals surface area contributed by atoms with Crippen molar-refractivity contribution in [2.24, 2.45) is 0 Å². The Kier molecular flexibility index (Phi) is 3.51. The van der Waals surface area contributed by atoms with E-state index in [0.717, 1.165) is 20.9 Å². The lowest BCUT2D eigenvalue weighted by atomic mass is 10.9. The van der Waals surface area contributed by atoms with E-state index >= 15 is 0 Å². The number of aryl methyl sites for hydroxylation is 1. The Morgan fingerprint density at radius 1 is 1.60 bits per heavy atom. The van der Waals surface area contributed by atoms with Crippen molar-refractivity contribution >= 4 is 35.7 Å². The molecule has 0 amide bonds. The summed E-state index contributed by atoms with van der Waals surface area (Å²) in [6.45, 7) is 1.96. The highest BCUT2D eigenvalue weighted by Crippen LogP contribution is 2.21. The summed E-state index contributed by atoms with van der Waals surface area (Å²) in [7, 11) is 0. The van der Waals surface area contributed by atoms with Crippen molar-refractivity contribution in [1.29, 1.82) is 0 Å². The van der Waals surface area contributed by atoms with Crippen molar-refractivity contribution in [1.82, 2.24) is 10.2 Å². The highest BCUT2D eigenvalue weighted by atomic mass is 32.2. The van der Waals surface area contributed by atoms with E-state index in [-0.39, 0.29) is 0 Å². The van der Waals surface area contributed by atoms with Crippen LogP contribution in [-0.2, 0) is 0 Å². The van der Waals surface area contributed by atoms with Gasteiger partial charge in [-0.15, -0.1) is 10.2 Å². The average molecular weight is 192 g/mol. The van der Waals surface area contributed by atoms with Crippen LogP contribution in [0.1, 0.15) is 5.01 Å². The first kappa shape index (κ1) is 8.36. The molecular formula is C5H8N2S3. The third kappa shape index (κ3) is 2.48. The molecule has 0 atom stereocenters. The number of aromatic nitrogens is 2. The number of thioether (sulfide) groups is 1. The summed E-state index contributed by atoms with van der Waals surface area (Å²) in [5.41, 5.74) is 0. The molecule has 2 nitrogen and oxygen atoms in total. The number of nitrogens with zero attached hydrogens (tertiary/aromatic N) is 2. The Balaban J connectivity index is 2.42. The quantitative estimate of drug-likeness (QED) is 0.585. The van der Waals surface area contributed by atoms with E-state index in [2.05, 4.69) is 22.8 Å². The molecule has 0 aliphatic heterocycles. The molecule has 1 rings (SSSR count). The van der Waals surface area contributed by atoms with Crippen LogP contribution in [0.5, 0.6) is 0 Å². The maximum absolute atomic E-state index is 4.09. The number of rotatable bonds is 3. The highest BCUT2D eigenvalue weighted by molar-refractivity contribution is 8.01. The molecule has 0 aliphatic carbocycles. The Morgan fingerprint density at radius 3 is 2.90 bits per heavy atom. The molecule has 1 aromatic rings. The van der Waals surface area contributed by atoms with Gasteiger partial charge in [0.15, 0.2) is 4.34 Å². The van der Waals surface area contributed by atoms with Gasteiger partial charge in [0.2, 0.25) is 0 Å². The minimum atomic E-state index is 0.892. The minimum absolute atomic E-state index is 0.892. The third-order valence-electron chi connectivity index (χ3n) is 0.824. The lowest BCUT2D eigenvalue weighted by molar-refractivity contribution is 0.984. The van der Waals surface area contributed by atoms with Gasteiger partial charge in [-0.3, -0.25) is 0 Å². The monoisotopic (exact) mass is 192 g/mol. The van der Waals surface area contributed by atoms with Gasteiger partial charge in [-0.25, -0.2) is 0 Å². The Hall–Kier alpha value is 0.260. The zero-order valence-corrected chi connectivity index (χ0v) is 8.10. The summed E-state index contributed by atoms with van der Waals surface area (Å²) >= 11 is 7.44. The zero-order chi connectivity index (χ0) is 7.40. The smallest absolute Gasteiger partial charge is 0.174 e. The molecular weight excluding hydrogens is 184 g/mol. The van der Waals surface area contributed by atoms with E-state index in [1.807, 2.05) is 6.92 Å². The fourth-order valence-electron chi connectivity index (χ4n) is 0.470. The Bertz CT molecular complexity index is 199. The number of hydrogen-bond donors (Lipinski definition) is 1. The summed E-state index contributed by atoms with van der Waals surface area (Å²) < 4.78 is 1.05. The average Bonchev–Trinajstić information content (AvgIpc) is 2.31. The third-order valence-corrected chi connectivity index (χ3v) is 3.32. The molecule has 0 spiro atoms. The molecule has 0 unspecified atom stereocenters. The van der Waals surface area contributed by atoms with Crippen molar-refractivity contribution in [2.45, 2.75) is 11.3 Å². The van der Waals surface area contributed by atoms with Gasteiger partial charge in [0.1, 0.15) is 5.01 Å². The van der Waals surface area contributed by atoms with Gasteiger partial charge >= 0.3 is 0 Å². The van der Waals surface area contributed by atoms with Crippen molar-refractivity contribution in [3.05, 3.63) is 5.01 Å². The second kappa shape index (κ2) is 4.20. The molecule has 0 fully saturated rings. The fourth-order valence-corrected chi connectivity index (χ4v) is 2.37. The molecule has 0 N–H and O–H groups in total. The van der Waals surface area contributed by atoms with E-state index in [1.165, 1.54) is 0 Å². The lowest BCUT2D eigenvalue weighted by Gasteiger charge is -1.87. The van der Waals surface area contributed by atoms with E-state index in [9.17, 15) is 0 Å². The summed E-state index contributed by atoms with van der Waals surface area (Å²) in [5, 5.41) is 8.87. The van der Waals surface area contributed by atoms with Gasteiger partial charge in [0, 0.05) is 5.75 Å². The van der Waals surface area contributed by atoms with Crippen LogP contribution in [-0.4, -0.2) is 21.7 Å². The predicted molar refractivity (Wildman–Crippen MR) is 49.2 cm³/mol. The second-order valence-corrected chi connectivity index (χ2v) is 4.63. The fraction of sp³-hybridized carbons (Fsp3) is 0.600. The summed E-state index contributed by atoms with van der Waals surface area (Å²) in [6, 6.07) is 0. The molecule has 1 aromatic heterocycles. The minimum Gasteiger partial charge on any atom is -0.178 e. The van der Waals surface area contributed by atoms with Gasteiger partial charge in [-0.2, -0.15) is 12.6 Å². The molecule has 0 bridgehead atoms. The van der Waals surface area contributed by atoms with Gasteiger partial charge in [-0.05, 0) is 12.7 Å². The molecule has 0 aliphatic rings. The molecule has 5 heteroatoms. The van der Waals surface area contributed by atoms with E-state index in [4.69, 9.17) is 0 Å². The molecule has 0 radical (unpaired) electrons. The summed E-state index contributed by atoms with van der Waals surface area (Å²) in [4.78, 5) is 0. The van der Waals surface area contributed by atoms with Crippen LogP contribution < -0.4 is 0 Å². The molecule has 0 saturated carbocycles. The van der Waals surface area contributed by atoms with E-state index < -0.39 is 0 Å². The molecule has 0 saturated heterocycles. The van der Waals surface area contributed by atoms with Gasteiger partial charge in [0.05, 0.1) is 0 Å². The largest absolute Gasteiger partial charge is 0.178 e. The van der Waals surface area contributed by atoms with Crippen LogP contribution in [0.3, 0.4) is 0 Å². The first-order chi connectivity index (χ1) is 4.83. The van der Waals surface area contributed by atoms with Gasteiger partial charge in [-0.1, -0.05) is 23.1 Å². The summed E-state index contributed by atoms with van der Waals surface area (Å²) in [5.74, 6) is 1.90. The standard InChI is InChI=1S/C5H8N2S3/c1-4-6-7-5(10-4)9-3-2-8/h8H,2-3H2,1H3. The van der Waals surface area contributed by atoms with Crippen LogP contribution in [0.2, 0.25) is 0 Å².